The molecule has 2 aliphatic rings. The number of halogens is 3. The second-order valence-corrected chi connectivity index (χ2v) is 7.76. The van der Waals surface area contributed by atoms with E-state index in [1.165, 1.54) is 0 Å². The summed E-state index contributed by atoms with van der Waals surface area (Å²) in [5.74, 6) is 0.403. The quantitative estimate of drug-likeness (QED) is 0.647. The van der Waals surface area contributed by atoms with Crippen LogP contribution in [0.25, 0.3) is 11.3 Å². The van der Waals surface area contributed by atoms with Crippen LogP contribution < -0.4 is 4.90 Å². The number of hydrogen-bond donors (Lipinski definition) is 0. The molecule has 2 fully saturated rings. The van der Waals surface area contributed by atoms with E-state index in [1.807, 2.05) is 42.5 Å². The molecule has 2 atom stereocenters. The molecule has 0 spiro atoms. The molecular weight excluding hydrogens is 397 g/mol. The predicted molar refractivity (Wildman–Crippen MR) is 101 cm³/mol. The van der Waals surface area contributed by atoms with E-state index >= 15 is 0 Å². The number of nitrogens with zero attached hydrogens (tertiary/aromatic N) is 6. The maximum atomic E-state index is 12.6. The SMILES string of the molecule is FC(F)(F)c1nnc(CN2CC3CN(c4ccc(-c5ccccc5)nn4)CC3C2)o1. The molecule has 4 heterocycles. The van der Waals surface area contributed by atoms with E-state index in [9.17, 15) is 13.2 Å². The number of rotatable bonds is 4. The molecule has 3 aromatic rings. The van der Waals surface area contributed by atoms with Gasteiger partial charge >= 0.3 is 12.1 Å². The van der Waals surface area contributed by atoms with Crippen LogP contribution in [0.15, 0.2) is 46.9 Å². The fourth-order valence-electron chi connectivity index (χ4n) is 4.29. The third-order valence-electron chi connectivity index (χ3n) is 5.67. The van der Waals surface area contributed by atoms with Crippen LogP contribution in [0, 0.1) is 11.8 Å². The third kappa shape index (κ3) is 3.74. The van der Waals surface area contributed by atoms with Crippen molar-refractivity contribution in [1.29, 1.82) is 0 Å². The maximum absolute atomic E-state index is 12.6. The summed E-state index contributed by atoms with van der Waals surface area (Å²) in [5.41, 5.74) is 1.86. The maximum Gasteiger partial charge on any atom is 0.470 e. The van der Waals surface area contributed by atoms with Crippen molar-refractivity contribution in [3.63, 3.8) is 0 Å². The lowest BCUT2D eigenvalue weighted by Gasteiger charge is -2.21. The van der Waals surface area contributed by atoms with Crippen molar-refractivity contribution in [3.8, 4) is 11.3 Å². The monoisotopic (exact) mass is 416 g/mol. The molecular formula is C20H19F3N6O. The minimum atomic E-state index is -4.61. The van der Waals surface area contributed by atoms with Gasteiger partial charge in [0.15, 0.2) is 5.82 Å². The van der Waals surface area contributed by atoms with Gasteiger partial charge in [-0.3, -0.25) is 4.90 Å². The lowest BCUT2D eigenvalue weighted by molar-refractivity contribution is -0.157. The molecule has 10 heteroatoms. The van der Waals surface area contributed by atoms with Crippen molar-refractivity contribution < 1.29 is 17.6 Å². The minimum Gasteiger partial charge on any atom is -0.416 e. The Labute approximate surface area is 170 Å². The number of hydrogen-bond acceptors (Lipinski definition) is 7. The summed E-state index contributed by atoms with van der Waals surface area (Å²) >= 11 is 0. The molecule has 1 aromatic carbocycles. The van der Waals surface area contributed by atoms with Gasteiger partial charge in [-0.05, 0) is 24.0 Å². The fourth-order valence-corrected chi connectivity index (χ4v) is 4.29. The summed E-state index contributed by atoms with van der Waals surface area (Å²) in [6.07, 6.45) is -4.61. The number of aromatic nitrogens is 4. The Morgan fingerprint density at radius 1 is 0.867 bits per heavy atom. The van der Waals surface area contributed by atoms with E-state index in [1.54, 1.807) is 0 Å². The minimum absolute atomic E-state index is 0.00141. The van der Waals surface area contributed by atoms with E-state index < -0.39 is 12.1 Å². The predicted octanol–water partition coefficient (Wildman–Crippen LogP) is 3.11. The highest BCUT2D eigenvalue weighted by Crippen LogP contribution is 2.34. The van der Waals surface area contributed by atoms with Gasteiger partial charge in [0.1, 0.15) is 0 Å². The number of alkyl halides is 3. The van der Waals surface area contributed by atoms with Gasteiger partial charge in [-0.1, -0.05) is 30.3 Å². The molecule has 0 amide bonds. The summed E-state index contributed by atoms with van der Waals surface area (Å²) < 4.78 is 42.6. The van der Waals surface area contributed by atoms with Crippen LogP contribution in [0.4, 0.5) is 19.0 Å². The number of fused-ring (bicyclic) bond motifs is 1. The summed E-state index contributed by atoms with van der Waals surface area (Å²) in [6.45, 7) is 3.48. The summed E-state index contributed by atoms with van der Waals surface area (Å²) in [6, 6.07) is 13.9. The molecule has 0 saturated carbocycles. The normalized spacial score (nSPS) is 21.9. The van der Waals surface area contributed by atoms with Crippen molar-refractivity contribution in [2.24, 2.45) is 11.8 Å². The van der Waals surface area contributed by atoms with Crippen molar-refractivity contribution >= 4 is 5.82 Å². The number of likely N-dealkylation sites (tertiary alicyclic amines) is 1. The molecule has 30 heavy (non-hydrogen) atoms. The van der Waals surface area contributed by atoms with Gasteiger partial charge in [0.2, 0.25) is 5.89 Å². The third-order valence-corrected chi connectivity index (χ3v) is 5.67. The van der Waals surface area contributed by atoms with Gasteiger partial charge in [0.05, 0.1) is 12.2 Å². The molecule has 156 valence electrons. The lowest BCUT2D eigenvalue weighted by atomic mass is 10.0. The summed E-state index contributed by atoms with van der Waals surface area (Å²) in [5, 5.41) is 15.4. The van der Waals surface area contributed by atoms with E-state index in [2.05, 4.69) is 30.2 Å². The highest BCUT2D eigenvalue weighted by molar-refractivity contribution is 5.59. The standard InChI is InChI=1S/C20H19F3N6O/c21-20(22,23)19-27-26-18(30-19)12-28-8-14-10-29(11-15(14)9-28)17-7-6-16(24-25-17)13-4-2-1-3-5-13/h1-7,14-15H,8-12H2. The molecule has 0 aliphatic carbocycles. The highest BCUT2D eigenvalue weighted by atomic mass is 19.4. The van der Waals surface area contributed by atoms with Crippen molar-refractivity contribution in [3.05, 3.63) is 54.2 Å². The molecule has 0 N–H and O–H groups in total. The van der Waals surface area contributed by atoms with Crippen molar-refractivity contribution in [2.45, 2.75) is 12.7 Å². The van der Waals surface area contributed by atoms with Crippen LogP contribution in [-0.4, -0.2) is 51.5 Å². The van der Waals surface area contributed by atoms with Crippen molar-refractivity contribution in [1.82, 2.24) is 25.3 Å². The van der Waals surface area contributed by atoms with Crippen LogP contribution in [0.3, 0.4) is 0 Å². The number of benzene rings is 1. The van der Waals surface area contributed by atoms with Crippen LogP contribution in [0.2, 0.25) is 0 Å². The molecule has 7 nitrogen and oxygen atoms in total. The van der Waals surface area contributed by atoms with Crippen LogP contribution in [0.5, 0.6) is 0 Å². The molecule has 2 aliphatic heterocycles. The van der Waals surface area contributed by atoms with Crippen molar-refractivity contribution in [2.75, 3.05) is 31.1 Å². The average Bonchev–Trinajstić information content (AvgIpc) is 3.44. The zero-order valence-electron chi connectivity index (χ0n) is 16.0. The lowest BCUT2D eigenvalue weighted by Crippen LogP contribution is -2.29. The van der Waals surface area contributed by atoms with Gasteiger partial charge < -0.3 is 9.32 Å². The fraction of sp³-hybridized carbons (Fsp3) is 0.400. The molecule has 0 radical (unpaired) electrons. The second kappa shape index (κ2) is 7.35. The first kappa shape index (κ1) is 19.0. The van der Waals surface area contributed by atoms with Crippen LogP contribution in [0.1, 0.15) is 11.8 Å². The van der Waals surface area contributed by atoms with Crippen LogP contribution in [-0.2, 0) is 12.7 Å². The molecule has 5 rings (SSSR count). The van der Waals surface area contributed by atoms with Gasteiger partial charge in [-0.15, -0.1) is 20.4 Å². The summed E-state index contributed by atoms with van der Waals surface area (Å²) in [4.78, 5) is 4.30. The Balaban J connectivity index is 1.18. The zero-order valence-corrected chi connectivity index (χ0v) is 16.0. The van der Waals surface area contributed by atoms with E-state index in [4.69, 9.17) is 4.42 Å². The largest absolute Gasteiger partial charge is 0.470 e. The first-order valence-electron chi connectivity index (χ1n) is 9.72. The molecule has 2 aromatic heterocycles. The average molecular weight is 416 g/mol. The highest BCUT2D eigenvalue weighted by Gasteiger charge is 2.42. The topological polar surface area (TPSA) is 71.2 Å². The molecule has 2 unspecified atom stereocenters. The van der Waals surface area contributed by atoms with Crippen LogP contribution >= 0.6 is 0 Å². The zero-order chi connectivity index (χ0) is 20.7. The van der Waals surface area contributed by atoms with Gasteiger partial charge in [0, 0.05) is 31.7 Å². The number of anilines is 1. The van der Waals surface area contributed by atoms with E-state index in [0.717, 1.165) is 43.3 Å². The Kier molecular flexibility index (Phi) is 4.65. The Morgan fingerprint density at radius 3 is 2.20 bits per heavy atom. The van der Waals surface area contributed by atoms with Gasteiger partial charge in [-0.2, -0.15) is 13.2 Å². The second-order valence-electron chi connectivity index (χ2n) is 7.76. The Morgan fingerprint density at radius 2 is 1.60 bits per heavy atom. The Hall–Kier alpha value is -3.01. The molecule has 0 bridgehead atoms. The Bertz CT molecular complexity index is 993. The summed E-state index contributed by atoms with van der Waals surface area (Å²) in [7, 11) is 0. The first-order chi connectivity index (χ1) is 14.5. The van der Waals surface area contributed by atoms with E-state index in [0.29, 0.717) is 11.8 Å². The molecule has 2 saturated heterocycles. The van der Waals surface area contributed by atoms with E-state index in [-0.39, 0.29) is 12.4 Å². The smallest absolute Gasteiger partial charge is 0.416 e. The van der Waals surface area contributed by atoms with Gasteiger partial charge in [-0.25, -0.2) is 0 Å². The first-order valence-corrected chi connectivity index (χ1v) is 9.72. The van der Waals surface area contributed by atoms with Gasteiger partial charge in [0.25, 0.3) is 0 Å².